The second kappa shape index (κ2) is 10.0. The Morgan fingerprint density at radius 1 is 1.00 bits per heavy atom. The molecule has 2 N–H and O–H groups in total. The van der Waals surface area contributed by atoms with Crippen molar-refractivity contribution < 1.29 is 19.1 Å². The lowest BCUT2D eigenvalue weighted by atomic mass is 9.92. The molecular formula is C26H25N3O4S. The van der Waals surface area contributed by atoms with Gasteiger partial charge in [0, 0.05) is 10.6 Å². The van der Waals surface area contributed by atoms with Gasteiger partial charge in [-0.2, -0.15) is 0 Å². The van der Waals surface area contributed by atoms with Crippen LogP contribution in [0.5, 0.6) is 5.75 Å². The number of imide groups is 1. The number of thioether (sulfide) groups is 1. The predicted octanol–water partition coefficient (Wildman–Crippen LogP) is 4.39. The number of methoxy groups -OCH3 is 1. The van der Waals surface area contributed by atoms with E-state index in [0.717, 1.165) is 15.5 Å². The summed E-state index contributed by atoms with van der Waals surface area (Å²) in [5, 5.41) is 5.56. The van der Waals surface area contributed by atoms with Crippen molar-refractivity contribution in [1.29, 1.82) is 0 Å². The third-order valence-electron chi connectivity index (χ3n) is 5.64. The number of benzene rings is 3. The molecule has 1 saturated heterocycles. The molecule has 34 heavy (non-hydrogen) atoms. The largest absolute Gasteiger partial charge is 0.497 e. The minimum Gasteiger partial charge on any atom is -0.497 e. The van der Waals surface area contributed by atoms with E-state index in [4.69, 9.17) is 4.74 Å². The van der Waals surface area contributed by atoms with Crippen LogP contribution in [-0.2, 0) is 20.9 Å². The van der Waals surface area contributed by atoms with Gasteiger partial charge in [0.1, 0.15) is 17.8 Å². The third-order valence-corrected chi connectivity index (χ3v) is 6.79. The van der Waals surface area contributed by atoms with E-state index in [1.807, 2.05) is 48.5 Å². The van der Waals surface area contributed by atoms with Crippen LogP contribution >= 0.6 is 11.8 Å². The fourth-order valence-corrected chi connectivity index (χ4v) is 4.69. The first kappa shape index (κ1) is 23.4. The summed E-state index contributed by atoms with van der Waals surface area (Å²) in [5.41, 5.74) is 1.16. The first-order chi connectivity index (χ1) is 16.4. The van der Waals surface area contributed by atoms with Crippen molar-refractivity contribution in [2.24, 2.45) is 0 Å². The summed E-state index contributed by atoms with van der Waals surface area (Å²) in [7, 11) is 1.55. The van der Waals surface area contributed by atoms with E-state index in [1.165, 1.54) is 5.56 Å². The SMILES string of the molecule is COc1ccc([C@@]2(C)NC(=O)N(CC(=O)Nc3ccccc3SCc3ccccc3)C2=O)cc1. The number of nitrogens with one attached hydrogen (secondary N) is 2. The van der Waals surface area contributed by atoms with Crippen LogP contribution in [0.4, 0.5) is 10.5 Å². The average molecular weight is 476 g/mol. The molecule has 7 nitrogen and oxygen atoms in total. The smallest absolute Gasteiger partial charge is 0.325 e. The number of carbonyl (C=O) groups excluding carboxylic acids is 3. The van der Waals surface area contributed by atoms with E-state index in [1.54, 1.807) is 56.1 Å². The lowest BCUT2D eigenvalue weighted by Crippen LogP contribution is -2.42. The average Bonchev–Trinajstić information content (AvgIpc) is 3.08. The maximum absolute atomic E-state index is 13.1. The number of amides is 4. The predicted molar refractivity (Wildman–Crippen MR) is 132 cm³/mol. The Hall–Kier alpha value is -3.78. The molecule has 0 aromatic heterocycles. The Morgan fingerprint density at radius 2 is 1.68 bits per heavy atom. The van der Waals surface area contributed by atoms with Crippen LogP contribution in [0.1, 0.15) is 18.1 Å². The Bertz CT molecular complexity index is 1200. The summed E-state index contributed by atoms with van der Waals surface area (Å²) in [6.07, 6.45) is 0. The Labute approximate surface area is 202 Å². The number of anilines is 1. The van der Waals surface area contributed by atoms with Gasteiger partial charge in [0.05, 0.1) is 12.8 Å². The fraction of sp³-hybridized carbons (Fsp3) is 0.192. The standard InChI is InChI=1S/C26H25N3O4S/c1-26(19-12-14-20(33-2)15-13-19)24(31)29(25(32)28-26)16-23(30)27-21-10-6-7-11-22(21)34-17-18-8-4-3-5-9-18/h3-15H,16-17H2,1-2H3,(H,27,30)(H,28,32)/t26-/m1/s1. The van der Waals surface area contributed by atoms with E-state index in [2.05, 4.69) is 10.6 Å². The molecule has 0 radical (unpaired) electrons. The van der Waals surface area contributed by atoms with E-state index in [-0.39, 0.29) is 6.54 Å². The molecule has 1 aliphatic heterocycles. The third kappa shape index (κ3) is 4.92. The molecule has 0 aliphatic carbocycles. The van der Waals surface area contributed by atoms with Crippen molar-refractivity contribution in [3.05, 3.63) is 90.0 Å². The fourth-order valence-electron chi connectivity index (χ4n) is 3.72. The highest BCUT2D eigenvalue weighted by Crippen LogP contribution is 2.31. The van der Waals surface area contributed by atoms with Gasteiger partial charge < -0.3 is 15.4 Å². The summed E-state index contributed by atoms with van der Waals surface area (Å²) < 4.78 is 5.16. The van der Waals surface area contributed by atoms with Crippen LogP contribution in [0.15, 0.2) is 83.8 Å². The number of hydrogen-bond donors (Lipinski definition) is 2. The van der Waals surface area contributed by atoms with E-state index >= 15 is 0 Å². The van der Waals surface area contributed by atoms with Gasteiger partial charge in [0.25, 0.3) is 5.91 Å². The zero-order valence-corrected chi connectivity index (χ0v) is 19.7. The number of ether oxygens (including phenoxy) is 1. The van der Waals surface area contributed by atoms with Crippen LogP contribution in [-0.4, -0.2) is 36.4 Å². The van der Waals surface area contributed by atoms with Gasteiger partial charge in [-0.3, -0.25) is 14.5 Å². The molecule has 1 atom stereocenters. The molecule has 8 heteroatoms. The number of carbonyl (C=O) groups is 3. The molecule has 0 spiro atoms. The van der Waals surface area contributed by atoms with Gasteiger partial charge in [0.15, 0.2) is 0 Å². The highest BCUT2D eigenvalue weighted by molar-refractivity contribution is 7.98. The molecule has 3 aromatic carbocycles. The molecule has 174 valence electrons. The normalized spacial score (nSPS) is 17.4. The van der Waals surface area contributed by atoms with Gasteiger partial charge >= 0.3 is 6.03 Å². The summed E-state index contributed by atoms with van der Waals surface area (Å²) >= 11 is 1.60. The van der Waals surface area contributed by atoms with Crippen molar-refractivity contribution in [3.63, 3.8) is 0 Å². The molecule has 0 unspecified atom stereocenters. The zero-order chi connectivity index (χ0) is 24.1. The molecular weight excluding hydrogens is 450 g/mol. The van der Waals surface area contributed by atoms with E-state index in [9.17, 15) is 14.4 Å². The lowest BCUT2D eigenvalue weighted by molar-refractivity contribution is -0.133. The van der Waals surface area contributed by atoms with Gasteiger partial charge in [-0.25, -0.2) is 4.79 Å². The van der Waals surface area contributed by atoms with Crippen molar-refractivity contribution in [2.45, 2.75) is 23.1 Å². The van der Waals surface area contributed by atoms with Crippen molar-refractivity contribution in [1.82, 2.24) is 10.2 Å². The van der Waals surface area contributed by atoms with Crippen LogP contribution < -0.4 is 15.4 Å². The maximum atomic E-state index is 13.1. The highest BCUT2D eigenvalue weighted by Gasteiger charge is 2.49. The van der Waals surface area contributed by atoms with Crippen molar-refractivity contribution in [3.8, 4) is 5.75 Å². The van der Waals surface area contributed by atoms with E-state index in [0.29, 0.717) is 17.0 Å². The summed E-state index contributed by atoms with van der Waals surface area (Å²) in [4.78, 5) is 40.4. The van der Waals surface area contributed by atoms with Gasteiger partial charge in [-0.05, 0) is 42.3 Å². The maximum Gasteiger partial charge on any atom is 0.325 e. The first-order valence-corrected chi connectivity index (χ1v) is 11.7. The first-order valence-electron chi connectivity index (χ1n) is 10.7. The second-order valence-corrected chi connectivity index (χ2v) is 9.01. The van der Waals surface area contributed by atoms with Crippen molar-refractivity contribution >= 4 is 35.3 Å². The Balaban J connectivity index is 1.43. The number of rotatable bonds is 8. The zero-order valence-electron chi connectivity index (χ0n) is 18.9. The highest BCUT2D eigenvalue weighted by atomic mass is 32.2. The Kier molecular flexibility index (Phi) is 6.88. The van der Waals surface area contributed by atoms with Crippen molar-refractivity contribution in [2.75, 3.05) is 19.0 Å². The molecule has 0 bridgehead atoms. The van der Waals surface area contributed by atoms with E-state index < -0.39 is 23.4 Å². The number of para-hydroxylation sites is 1. The van der Waals surface area contributed by atoms with Gasteiger partial charge in [0.2, 0.25) is 5.91 Å². The van der Waals surface area contributed by atoms with Crippen LogP contribution in [0.2, 0.25) is 0 Å². The molecule has 1 aliphatic rings. The minimum absolute atomic E-state index is 0.381. The summed E-state index contributed by atoms with van der Waals surface area (Å²) in [6, 6.07) is 23.8. The molecule has 3 aromatic rings. The molecule has 1 fully saturated rings. The molecule has 0 saturated carbocycles. The second-order valence-electron chi connectivity index (χ2n) is 7.99. The summed E-state index contributed by atoms with van der Waals surface area (Å²) in [5.74, 6) is 0.463. The minimum atomic E-state index is -1.26. The number of nitrogens with zero attached hydrogens (tertiary/aromatic N) is 1. The summed E-state index contributed by atoms with van der Waals surface area (Å²) in [6.45, 7) is 1.25. The molecule has 1 heterocycles. The Morgan fingerprint density at radius 3 is 2.38 bits per heavy atom. The quantitative estimate of drug-likeness (QED) is 0.373. The molecule has 4 amide bonds. The number of urea groups is 1. The number of hydrogen-bond acceptors (Lipinski definition) is 5. The van der Waals surface area contributed by atoms with Crippen LogP contribution in [0.25, 0.3) is 0 Å². The lowest BCUT2D eigenvalue weighted by Gasteiger charge is -2.22. The van der Waals surface area contributed by atoms with Gasteiger partial charge in [-0.15, -0.1) is 11.8 Å². The monoisotopic (exact) mass is 475 g/mol. The van der Waals surface area contributed by atoms with Gasteiger partial charge in [-0.1, -0.05) is 54.6 Å². The van der Waals surface area contributed by atoms with Crippen LogP contribution in [0, 0.1) is 0 Å². The van der Waals surface area contributed by atoms with Crippen LogP contribution in [0.3, 0.4) is 0 Å². The molecule has 4 rings (SSSR count). The topological polar surface area (TPSA) is 87.7 Å².